The molecule has 0 aliphatic carbocycles. The van der Waals surface area contributed by atoms with Crippen molar-refractivity contribution in [2.75, 3.05) is 13.2 Å². The Balaban J connectivity index is 2.10. The standard InChI is InChI=1S/C15H21N3O2/c1-12(17-15(2,9-19)10-20)13-3-5-14(6-4-13)18-8-7-16-11-18/h3-8,11-12,17,19-20H,9-10H2,1-2H3. The summed E-state index contributed by atoms with van der Waals surface area (Å²) in [6.07, 6.45) is 5.39. The molecule has 1 aromatic carbocycles. The maximum atomic E-state index is 9.32. The Morgan fingerprint density at radius 2 is 1.90 bits per heavy atom. The minimum atomic E-state index is -0.678. The van der Waals surface area contributed by atoms with Crippen LogP contribution in [-0.2, 0) is 0 Å². The molecule has 0 saturated heterocycles. The van der Waals surface area contributed by atoms with Crippen LogP contribution in [0.3, 0.4) is 0 Å². The molecule has 0 aliphatic heterocycles. The Labute approximate surface area is 118 Å². The SMILES string of the molecule is CC(NC(C)(CO)CO)c1ccc(-n2ccnc2)cc1. The predicted molar refractivity (Wildman–Crippen MR) is 77.7 cm³/mol. The summed E-state index contributed by atoms with van der Waals surface area (Å²) in [6, 6.07) is 8.13. The molecule has 2 rings (SSSR count). The number of aliphatic hydroxyl groups is 2. The third-order valence-corrected chi connectivity index (χ3v) is 3.46. The number of nitrogens with zero attached hydrogens (tertiary/aromatic N) is 2. The number of nitrogens with one attached hydrogen (secondary N) is 1. The highest BCUT2D eigenvalue weighted by molar-refractivity contribution is 5.35. The summed E-state index contributed by atoms with van der Waals surface area (Å²) in [5.74, 6) is 0. The van der Waals surface area contributed by atoms with Crippen molar-refractivity contribution in [3.05, 3.63) is 48.5 Å². The van der Waals surface area contributed by atoms with Crippen molar-refractivity contribution in [2.45, 2.75) is 25.4 Å². The molecular weight excluding hydrogens is 254 g/mol. The molecule has 5 nitrogen and oxygen atoms in total. The molecule has 0 aliphatic rings. The lowest BCUT2D eigenvalue weighted by Crippen LogP contribution is -2.49. The number of benzene rings is 1. The number of aromatic nitrogens is 2. The van der Waals surface area contributed by atoms with E-state index in [4.69, 9.17) is 0 Å². The first-order chi connectivity index (χ1) is 9.58. The van der Waals surface area contributed by atoms with Gasteiger partial charge in [0.05, 0.1) is 25.1 Å². The molecule has 0 spiro atoms. The molecule has 0 radical (unpaired) electrons. The first kappa shape index (κ1) is 14.7. The molecule has 0 saturated carbocycles. The zero-order chi connectivity index (χ0) is 14.6. The molecule has 5 heteroatoms. The second-order valence-electron chi connectivity index (χ2n) is 5.30. The predicted octanol–water partition coefficient (Wildman–Crippen LogP) is 1.27. The van der Waals surface area contributed by atoms with Crippen molar-refractivity contribution < 1.29 is 10.2 Å². The maximum Gasteiger partial charge on any atom is 0.0991 e. The highest BCUT2D eigenvalue weighted by Gasteiger charge is 2.24. The van der Waals surface area contributed by atoms with E-state index < -0.39 is 5.54 Å². The van der Waals surface area contributed by atoms with Crippen LogP contribution in [0.4, 0.5) is 0 Å². The molecule has 20 heavy (non-hydrogen) atoms. The van der Waals surface area contributed by atoms with Gasteiger partial charge in [-0.2, -0.15) is 0 Å². The molecule has 0 fully saturated rings. The van der Waals surface area contributed by atoms with Gasteiger partial charge < -0.3 is 20.1 Å². The molecule has 3 N–H and O–H groups in total. The monoisotopic (exact) mass is 275 g/mol. The maximum absolute atomic E-state index is 9.32. The fraction of sp³-hybridized carbons (Fsp3) is 0.400. The normalized spacial score (nSPS) is 13.4. The van der Waals surface area contributed by atoms with Crippen molar-refractivity contribution in [1.82, 2.24) is 14.9 Å². The van der Waals surface area contributed by atoms with Crippen LogP contribution >= 0.6 is 0 Å². The molecule has 2 aromatic rings. The molecule has 108 valence electrons. The lowest BCUT2D eigenvalue weighted by atomic mass is 10.0. The highest BCUT2D eigenvalue weighted by Crippen LogP contribution is 2.18. The van der Waals surface area contributed by atoms with E-state index in [1.807, 2.05) is 42.0 Å². The summed E-state index contributed by atoms with van der Waals surface area (Å²) >= 11 is 0. The van der Waals surface area contributed by atoms with Crippen molar-refractivity contribution >= 4 is 0 Å². The Hall–Kier alpha value is -1.69. The minimum absolute atomic E-state index is 0.0381. The number of hydrogen-bond acceptors (Lipinski definition) is 4. The smallest absolute Gasteiger partial charge is 0.0991 e. The number of rotatable bonds is 6. The van der Waals surface area contributed by atoms with Crippen LogP contribution < -0.4 is 5.32 Å². The topological polar surface area (TPSA) is 70.3 Å². The average molecular weight is 275 g/mol. The summed E-state index contributed by atoms with van der Waals surface area (Å²) < 4.78 is 1.94. The number of imidazole rings is 1. The first-order valence-electron chi connectivity index (χ1n) is 6.66. The Kier molecular flexibility index (Phi) is 4.54. The van der Waals surface area contributed by atoms with Gasteiger partial charge in [-0.15, -0.1) is 0 Å². The zero-order valence-corrected chi connectivity index (χ0v) is 11.8. The van der Waals surface area contributed by atoms with Gasteiger partial charge in [0.25, 0.3) is 0 Å². The van der Waals surface area contributed by atoms with Gasteiger partial charge in [0, 0.05) is 24.1 Å². The van der Waals surface area contributed by atoms with E-state index in [0.717, 1.165) is 11.3 Å². The molecular formula is C15H21N3O2. The lowest BCUT2D eigenvalue weighted by Gasteiger charge is -2.30. The van der Waals surface area contributed by atoms with Gasteiger partial charge in [0.15, 0.2) is 0 Å². The molecule has 0 bridgehead atoms. The molecule has 1 atom stereocenters. The van der Waals surface area contributed by atoms with Gasteiger partial charge in [-0.1, -0.05) is 12.1 Å². The van der Waals surface area contributed by atoms with E-state index in [0.29, 0.717) is 0 Å². The second kappa shape index (κ2) is 6.17. The van der Waals surface area contributed by atoms with E-state index in [-0.39, 0.29) is 19.3 Å². The van der Waals surface area contributed by atoms with Gasteiger partial charge in [-0.05, 0) is 31.5 Å². The number of hydrogen-bond donors (Lipinski definition) is 3. The summed E-state index contributed by atoms with van der Waals surface area (Å²) in [7, 11) is 0. The van der Waals surface area contributed by atoms with E-state index in [1.165, 1.54) is 0 Å². The van der Waals surface area contributed by atoms with E-state index >= 15 is 0 Å². The summed E-state index contributed by atoms with van der Waals surface area (Å²) in [5, 5.41) is 21.9. The van der Waals surface area contributed by atoms with Gasteiger partial charge in [0.2, 0.25) is 0 Å². The fourth-order valence-corrected chi connectivity index (χ4v) is 2.09. The number of aliphatic hydroxyl groups excluding tert-OH is 2. The third-order valence-electron chi connectivity index (χ3n) is 3.46. The van der Waals surface area contributed by atoms with Crippen LogP contribution in [0.2, 0.25) is 0 Å². The molecule has 1 heterocycles. The van der Waals surface area contributed by atoms with Crippen molar-refractivity contribution in [3.63, 3.8) is 0 Å². The van der Waals surface area contributed by atoms with Gasteiger partial charge in [-0.3, -0.25) is 0 Å². The van der Waals surface area contributed by atoms with Crippen molar-refractivity contribution in [2.24, 2.45) is 0 Å². The average Bonchev–Trinajstić information content (AvgIpc) is 3.01. The summed E-state index contributed by atoms with van der Waals surface area (Å²) in [5.41, 5.74) is 1.47. The summed E-state index contributed by atoms with van der Waals surface area (Å²) in [6.45, 7) is 3.58. The molecule has 1 aromatic heterocycles. The van der Waals surface area contributed by atoms with Crippen LogP contribution in [0.1, 0.15) is 25.5 Å². The Bertz CT molecular complexity index is 519. The van der Waals surface area contributed by atoms with Crippen LogP contribution in [-0.4, -0.2) is 38.5 Å². The largest absolute Gasteiger partial charge is 0.394 e. The quantitative estimate of drug-likeness (QED) is 0.742. The Morgan fingerprint density at radius 1 is 1.25 bits per heavy atom. The van der Waals surface area contributed by atoms with Crippen LogP contribution in [0.5, 0.6) is 0 Å². The van der Waals surface area contributed by atoms with E-state index in [9.17, 15) is 10.2 Å². The fourth-order valence-electron chi connectivity index (χ4n) is 2.09. The Morgan fingerprint density at radius 3 is 2.40 bits per heavy atom. The van der Waals surface area contributed by atoms with E-state index in [1.54, 1.807) is 19.4 Å². The van der Waals surface area contributed by atoms with Crippen molar-refractivity contribution in [1.29, 1.82) is 0 Å². The third kappa shape index (κ3) is 3.25. The van der Waals surface area contributed by atoms with Crippen LogP contribution in [0.25, 0.3) is 5.69 Å². The second-order valence-corrected chi connectivity index (χ2v) is 5.30. The van der Waals surface area contributed by atoms with Gasteiger partial charge >= 0.3 is 0 Å². The summed E-state index contributed by atoms with van der Waals surface area (Å²) in [4.78, 5) is 4.02. The first-order valence-corrected chi connectivity index (χ1v) is 6.66. The highest BCUT2D eigenvalue weighted by atomic mass is 16.3. The zero-order valence-electron chi connectivity index (χ0n) is 11.8. The molecule has 0 amide bonds. The van der Waals surface area contributed by atoms with Gasteiger partial charge in [-0.25, -0.2) is 4.98 Å². The lowest BCUT2D eigenvalue weighted by molar-refractivity contribution is 0.0957. The molecule has 1 unspecified atom stereocenters. The van der Waals surface area contributed by atoms with E-state index in [2.05, 4.69) is 10.3 Å². The van der Waals surface area contributed by atoms with Crippen LogP contribution in [0.15, 0.2) is 43.0 Å². The van der Waals surface area contributed by atoms with Gasteiger partial charge in [0.1, 0.15) is 0 Å². The van der Waals surface area contributed by atoms with Crippen molar-refractivity contribution in [3.8, 4) is 5.69 Å². The minimum Gasteiger partial charge on any atom is -0.394 e. The van der Waals surface area contributed by atoms with Crippen LogP contribution in [0, 0.1) is 0 Å².